The summed E-state index contributed by atoms with van der Waals surface area (Å²) in [4.78, 5) is 11.4. The molecule has 1 saturated carbocycles. The van der Waals surface area contributed by atoms with E-state index in [-0.39, 0.29) is 18.7 Å². The minimum atomic E-state index is -2.64. The van der Waals surface area contributed by atoms with Crippen LogP contribution in [0, 0.1) is 5.92 Å². The van der Waals surface area contributed by atoms with E-state index in [0.717, 1.165) is 0 Å². The van der Waals surface area contributed by atoms with Crippen molar-refractivity contribution in [2.45, 2.75) is 18.8 Å². The fraction of sp³-hybridized carbons (Fsp3) is 0.364. The van der Waals surface area contributed by atoms with Crippen LogP contribution < -0.4 is 5.32 Å². The molecule has 0 radical (unpaired) electrons. The van der Waals surface area contributed by atoms with E-state index in [4.69, 9.17) is 11.6 Å². The van der Waals surface area contributed by atoms with E-state index in [2.05, 4.69) is 5.32 Å². The van der Waals surface area contributed by atoms with Crippen molar-refractivity contribution in [2.24, 2.45) is 5.92 Å². The average Bonchev–Trinajstić information content (AvgIpc) is 2.77. The number of hydrogen-bond acceptors (Lipinski definition) is 1. The Hall–Kier alpha value is -1.16. The Kier molecular flexibility index (Phi) is 2.84. The Morgan fingerprint density at radius 1 is 1.44 bits per heavy atom. The third kappa shape index (κ3) is 2.70. The normalized spacial score (nSPS) is 21.6. The van der Waals surface area contributed by atoms with E-state index in [0.29, 0.717) is 10.7 Å². The number of rotatable bonds is 3. The second kappa shape index (κ2) is 4.01. The number of alkyl halides is 2. The molecule has 1 amide bonds. The van der Waals surface area contributed by atoms with Gasteiger partial charge in [0.05, 0.1) is 0 Å². The molecule has 86 valence electrons. The maximum Gasteiger partial charge on any atom is 0.252 e. The molecule has 1 aliphatic carbocycles. The van der Waals surface area contributed by atoms with Crippen molar-refractivity contribution < 1.29 is 13.6 Å². The first kappa shape index (κ1) is 11.3. The SMILES string of the molecule is O=C(CC1CC1(F)F)Nc1ccc(Cl)cc1. The van der Waals surface area contributed by atoms with E-state index >= 15 is 0 Å². The summed E-state index contributed by atoms with van der Waals surface area (Å²) in [5, 5.41) is 3.11. The van der Waals surface area contributed by atoms with Gasteiger partial charge in [0.1, 0.15) is 0 Å². The van der Waals surface area contributed by atoms with E-state index in [9.17, 15) is 13.6 Å². The molecule has 0 heterocycles. The maximum atomic E-state index is 12.6. The number of nitrogens with one attached hydrogen (secondary N) is 1. The topological polar surface area (TPSA) is 29.1 Å². The maximum absolute atomic E-state index is 12.6. The van der Waals surface area contributed by atoms with E-state index in [1.165, 1.54) is 0 Å². The molecule has 1 aliphatic rings. The number of hydrogen-bond donors (Lipinski definition) is 1. The molecule has 0 aromatic heterocycles. The lowest BCUT2D eigenvalue weighted by Gasteiger charge is -2.04. The number of carbonyl (C=O) groups excluding carboxylic acids is 1. The zero-order valence-corrected chi connectivity index (χ0v) is 9.10. The summed E-state index contributed by atoms with van der Waals surface area (Å²) in [6.45, 7) is 0. The molecule has 1 fully saturated rings. The highest BCUT2D eigenvalue weighted by atomic mass is 35.5. The van der Waals surface area contributed by atoms with Crippen molar-refractivity contribution in [1.29, 1.82) is 0 Å². The van der Waals surface area contributed by atoms with Gasteiger partial charge in [0.2, 0.25) is 5.91 Å². The molecule has 1 atom stereocenters. The Bertz CT molecular complexity index is 405. The average molecular weight is 246 g/mol. The van der Waals surface area contributed by atoms with Gasteiger partial charge in [-0.1, -0.05) is 11.6 Å². The molecule has 1 aromatic rings. The van der Waals surface area contributed by atoms with Crippen molar-refractivity contribution in [2.75, 3.05) is 5.32 Å². The Balaban J connectivity index is 1.86. The van der Waals surface area contributed by atoms with Crippen LogP contribution >= 0.6 is 11.6 Å². The number of anilines is 1. The minimum absolute atomic E-state index is 0.129. The third-order valence-corrected chi connectivity index (χ3v) is 2.77. The number of carbonyl (C=O) groups is 1. The number of benzene rings is 1. The van der Waals surface area contributed by atoms with Crippen LogP contribution in [0.4, 0.5) is 14.5 Å². The summed E-state index contributed by atoms with van der Waals surface area (Å²) in [5.74, 6) is -3.82. The van der Waals surface area contributed by atoms with Gasteiger partial charge in [-0.05, 0) is 24.3 Å². The molecule has 0 saturated heterocycles. The van der Waals surface area contributed by atoms with Crippen LogP contribution in [0.5, 0.6) is 0 Å². The summed E-state index contributed by atoms with van der Waals surface area (Å²) in [7, 11) is 0. The summed E-state index contributed by atoms with van der Waals surface area (Å²) in [6.07, 6.45) is -0.309. The van der Waals surface area contributed by atoms with E-state index in [1.54, 1.807) is 24.3 Å². The molecule has 1 unspecified atom stereocenters. The van der Waals surface area contributed by atoms with Crippen molar-refractivity contribution in [3.05, 3.63) is 29.3 Å². The zero-order valence-electron chi connectivity index (χ0n) is 8.34. The van der Waals surface area contributed by atoms with Crippen LogP contribution in [-0.2, 0) is 4.79 Å². The van der Waals surface area contributed by atoms with Gasteiger partial charge in [0.15, 0.2) is 0 Å². The monoisotopic (exact) mass is 245 g/mol. The minimum Gasteiger partial charge on any atom is -0.326 e. The van der Waals surface area contributed by atoms with Gasteiger partial charge >= 0.3 is 0 Å². The summed E-state index contributed by atoms with van der Waals surface area (Å²) in [6, 6.07) is 6.52. The molecule has 0 bridgehead atoms. The van der Waals surface area contributed by atoms with Gasteiger partial charge in [-0.2, -0.15) is 0 Å². The molecule has 2 nitrogen and oxygen atoms in total. The Morgan fingerprint density at radius 2 is 2.00 bits per heavy atom. The van der Waals surface area contributed by atoms with Crippen LogP contribution in [0.15, 0.2) is 24.3 Å². The van der Waals surface area contributed by atoms with Crippen molar-refractivity contribution in [1.82, 2.24) is 0 Å². The first-order valence-electron chi connectivity index (χ1n) is 4.90. The Labute approximate surface area is 96.6 Å². The van der Waals surface area contributed by atoms with Gasteiger partial charge in [-0.15, -0.1) is 0 Å². The van der Waals surface area contributed by atoms with Gasteiger partial charge in [-0.25, -0.2) is 8.78 Å². The standard InChI is InChI=1S/C11H10ClF2NO/c12-8-1-3-9(4-2-8)15-10(16)5-7-6-11(7,13)14/h1-4,7H,5-6H2,(H,15,16). The van der Waals surface area contributed by atoms with Crippen LogP contribution in [0.3, 0.4) is 0 Å². The first-order chi connectivity index (χ1) is 7.47. The molecule has 2 rings (SSSR count). The summed E-state index contributed by atoms with van der Waals surface area (Å²) < 4.78 is 25.1. The van der Waals surface area contributed by atoms with E-state index in [1.807, 2.05) is 0 Å². The predicted octanol–water partition coefficient (Wildman–Crippen LogP) is 3.32. The second-order valence-corrected chi connectivity index (χ2v) is 4.36. The smallest absolute Gasteiger partial charge is 0.252 e. The third-order valence-electron chi connectivity index (χ3n) is 2.52. The molecular formula is C11H10ClF2NO. The lowest BCUT2D eigenvalue weighted by atomic mass is 10.2. The summed E-state index contributed by atoms with van der Waals surface area (Å²) >= 11 is 5.67. The largest absolute Gasteiger partial charge is 0.326 e. The predicted molar refractivity (Wildman–Crippen MR) is 57.8 cm³/mol. The first-order valence-corrected chi connectivity index (χ1v) is 5.28. The van der Waals surface area contributed by atoms with Gasteiger partial charge in [0, 0.05) is 29.5 Å². The lowest BCUT2D eigenvalue weighted by Crippen LogP contribution is -2.13. The van der Waals surface area contributed by atoms with Gasteiger partial charge in [-0.3, -0.25) is 4.79 Å². The van der Waals surface area contributed by atoms with Crippen LogP contribution in [-0.4, -0.2) is 11.8 Å². The molecule has 1 N–H and O–H groups in total. The molecule has 0 aliphatic heterocycles. The molecule has 16 heavy (non-hydrogen) atoms. The van der Waals surface area contributed by atoms with Crippen molar-refractivity contribution in [3.63, 3.8) is 0 Å². The molecular weight excluding hydrogens is 236 g/mol. The zero-order chi connectivity index (χ0) is 11.8. The fourth-order valence-electron chi connectivity index (χ4n) is 1.46. The van der Waals surface area contributed by atoms with Gasteiger partial charge in [0.25, 0.3) is 5.92 Å². The van der Waals surface area contributed by atoms with Crippen molar-refractivity contribution >= 4 is 23.2 Å². The lowest BCUT2D eigenvalue weighted by molar-refractivity contribution is -0.117. The highest BCUT2D eigenvalue weighted by molar-refractivity contribution is 6.30. The van der Waals surface area contributed by atoms with Crippen molar-refractivity contribution in [3.8, 4) is 0 Å². The Morgan fingerprint density at radius 3 is 2.50 bits per heavy atom. The quantitative estimate of drug-likeness (QED) is 0.870. The second-order valence-electron chi connectivity index (χ2n) is 3.92. The van der Waals surface area contributed by atoms with Gasteiger partial charge < -0.3 is 5.32 Å². The highest BCUT2D eigenvalue weighted by Gasteiger charge is 2.57. The highest BCUT2D eigenvalue weighted by Crippen LogP contribution is 2.50. The fourth-order valence-corrected chi connectivity index (χ4v) is 1.59. The number of halogens is 3. The van der Waals surface area contributed by atoms with E-state index < -0.39 is 11.8 Å². The summed E-state index contributed by atoms with van der Waals surface area (Å²) in [5.41, 5.74) is 0.568. The molecule has 5 heteroatoms. The molecule has 0 spiro atoms. The number of amides is 1. The molecule has 1 aromatic carbocycles. The van der Waals surface area contributed by atoms with Crippen LogP contribution in [0.1, 0.15) is 12.8 Å². The van der Waals surface area contributed by atoms with Crippen LogP contribution in [0.25, 0.3) is 0 Å². The van der Waals surface area contributed by atoms with Crippen LogP contribution in [0.2, 0.25) is 5.02 Å².